The van der Waals surface area contributed by atoms with Crippen molar-refractivity contribution in [1.29, 1.82) is 0 Å². The highest BCUT2D eigenvalue weighted by atomic mass is 19.2. The zero-order valence-electron chi connectivity index (χ0n) is 19.7. The summed E-state index contributed by atoms with van der Waals surface area (Å²) < 4.78 is 49.2. The first-order valence-corrected chi connectivity index (χ1v) is 12.1. The minimum atomic E-state index is -0.803. The summed E-state index contributed by atoms with van der Waals surface area (Å²) in [6.07, 6.45) is 2.87. The fourth-order valence-electron chi connectivity index (χ4n) is 4.48. The second kappa shape index (κ2) is 10.1. The Morgan fingerprint density at radius 1 is 0.686 bits per heavy atom. The third-order valence-electron chi connectivity index (χ3n) is 6.62. The molecule has 1 aliphatic rings. The van der Waals surface area contributed by atoms with Gasteiger partial charge in [0.2, 0.25) is 0 Å². The van der Waals surface area contributed by atoms with Gasteiger partial charge in [0.1, 0.15) is 11.9 Å². The van der Waals surface area contributed by atoms with Crippen LogP contribution < -0.4 is 0 Å². The lowest BCUT2D eigenvalue weighted by atomic mass is 9.97. The van der Waals surface area contributed by atoms with Gasteiger partial charge in [-0.1, -0.05) is 86.1 Å². The highest BCUT2D eigenvalue weighted by Gasteiger charge is 2.27. The van der Waals surface area contributed by atoms with Crippen molar-refractivity contribution in [3.8, 4) is 22.3 Å². The molecule has 1 nitrogen and oxygen atoms in total. The summed E-state index contributed by atoms with van der Waals surface area (Å²) in [6.45, 7) is 2.69. The van der Waals surface area contributed by atoms with E-state index in [1.807, 2.05) is 54.6 Å². The number of aryl methyl sites for hydroxylation is 3. The molecule has 0 radical (unpaired) electrons. The molecule has 4 heteroatoms. The van der Waals surface area contributed by atoms with Crippen LogP contribution in [0, 0.1) is 17.5 Å². The summed E-state index contributed by atoms with van der Waals surface area (Å²) in [7, 11) is 0. The standard InChI is InChI=1S/C31H27F3O/c1-2-3-20-6-11-23(12-7-20)26-16-14-24(30(33)31(26)34)13-8-21-4-9-22(10-5-21)25-15-17-27(28(32)18-25)29-19-35-29/h4-7,9-12,14-18,29H,2-3,8,13,19H2,1H3. The molecule has 0 N–H and O–H groups in total. The molecule has 1 atom stereocenters. The van der Waals surface area contributed by atoms with E-state index in [1.54, 1.807) is 18.2 Å². The Hall–Kier alpha value is -3.37. The minimum Gasteiger partial charge on any atom is -0.368 e. The molecule has 0 bridgehead atoms. The Bertz CT molecular complexity index is 1320. The van der Waals surface area contributed by atoms with Crippen molar-refractivity contribution in [3.63, 3.8) is 0 Å². The lowest BCUT2D eigenvalue weighted by Crippen LogP contribution is -2.00. The van der Waals surface area contributed by atoms with Crippen LogP contribution >= 0.6 is 0 Å². The van der Waals surface area contributed by atoms with E-state index < -0.39 is 11.6 Å². The fraction of sp³-hybridized carbons (Fsp3) is 0.226. The first kappa shape index (κ1) is 23.4. The second-order valence-corrected chi connectivity index (χ2v) is 9.10. The molecule has 1 unspecified atom stereocenters. The monoisotopic (exact) mass is 472 g/mol. The van der Waals surface area contributed by atoms with E-state index in [1.165, 1.54) is 11.6 Å². The Kier molecular flexibility index (Phi) is 6.74. The minimum absolute atomic E-state index is 0.114. The van der Waals surface area contributed by atoms with Crippen LogP contribution in [0.2, 0.25) is 0 Å². The lowest BCUT2D eigenvalue weighted by molar-refractivity contribution is 0.408. The molecule has 0 amide bonds. The Balaban J connectivity index is 1.26. The van der Waals surface area contributed by atoms with Gasteiger partial charge in [0.05, 0.1) is 6.61 Å². The fourth-order valence-corrected chi connectivity index (χ4v) is 4.48. The quantitative estimate of drug-likeness (QED) is 0.235. The maximum absolute atomic E-state index is 14.9. The van der Waals surface area contributed by atoms with Crippen LogP contribution in [0.5, 0.6) is 0 Å². The van der Waals surface area contributed by atoms with E-state index >= 15 is 0 Å². The smallest absolute Gasteiger partial charge is 0.166 e. The van der Waals surface area contributed by atoms with E-state index in [9.17, 15) is 13.2 Å². The predicted molar refractivity (Wildman–Crippen MR) is 134 cm³/mol. The number of ether oxygens (including phenoxy) is 1. The van der Waals surface area contributed by atoms with E-state index in [0.717, 1.165) is 29.5 Å². The maximum atomic E-state index is 14.9. The van der Waals surface area contributed by atoms with Crippen LogP contribution in [0.15, 0.2) is 78.9 Å². The Morgan fingerprint density at radius 2 is 1.31 bits per heavy atom. The molecule has 1 aliphatic heterocycles. The summed E-state index contributed by atoms with van der Waals surface area (Å²) in [5.41, 5.74) is 5.81. The van der Waals surface area contributed by atoms with Gasteiger partial charge in [-0.15, -0.1) is 0 Å². The van der Waals surface area contributed by atoms with Crippen molar-refractivity contribution in [3.05, 3.63) is 119 Å². The molecule has 35 heavy (non-hydrogen) atoms. The van der Waals surface area contributed by atoms with Gasteiger partial charge < -0.3 is 4.74 Å². The van der Waals surface area contributed by atoms with Crippen LogP contribution in [0.25, 0.3) is 22.3 Å². The van der Waals surface area contributed by atoms with Crippen molar-refractivity contribution in [2.45, 2.75) is 38.7 Å². The van der Waals surface area contributed by atoms with Crippen molar-refractivity contribution >= 4 is 0 Å². The molecular weight excluding hydrogens is 445 g/mol. The zero-order chi connectivity index (χ0) is 24.4. The Labute approximate surface area is 204 Å². The van der Waals surface area contributed by atoms with Crippen molar-refractivity contribution in [2.75, 3.05) is 6.61 Å². The van der Waals surface area contributed by atoms with E-state index in [-0.39, 0.29) is 17.5 Å². The average Bonchev–Trinajstić information content (AvgIpc) is 3.71. The number of hydrogen-bond acceptors (Lipinski definition) is 1. The average molecular weight is 473 g/mol. The third-order valence-corrected chi connectivity index (χ3v) is 6.62. The van der Waals surface area contributed by atoms with Crippen LogP contribution in [0.4, 0.5) is 13.2 Å². The first-order valence-electron chi connectivity index (χ1n) is 12.1. The molecule has 178 valence electrons. The topological polar surface area (TPSA) is 12.5 Å². The SMILES string of the molecule is CCCc1ccc(-c2ccc(CCc3ccc(-c4ccc(C5CO5)c(F)c4)cc3)c(F)c2F)cc1. The maximum Gasteiger partial charge on any atom is 0.166 e. The summed E-state index contributed by atoms with van der Waals surface area (Å²) in [5.74, 6) is -1.85. The zero-order valence-corrected chi connectivity index (χ0v) is 19.7. The molecule has 1 heterocycles. The molecule has 0 spiro atoms. The largest absolute Gasteiger partial charge is 0.368 e. The molecule has 0 saturated carbocycles. The lowest BCUT2D eigenvalue weighted by Gasteiger charge is -2.10. The second-order valence-electron chi connectivity index (χ2n) is 9.10. The number of halogens is 3. The highest BCUT2D eigenvalue weighted by Crippen LogP contribution is 2.34. The third kappa shape index (κ3) is 5.18. The van der Waals surface area contributed by atoms with E-state index in [4.69, 9.17) is 4.74 Å². The molecule has 4 aromatic rings. The molecule has 1 saturated heterocycles. The van der Waals surface area contributed by atoms with Gasteiger partial charge in [-0.25, -0.2) is 13.2 Å². The van der Waals surface area contributed by atoms with Gasteiger partial charge >= 0.3 is 0 Å². The van der Waals surface area contributed by atoms with E-state index in [0.29, 0.717) is 36.1 Å². The summed E-state index contributed by atoms with van der Waals surface area (Å²) in [4.78, 5) is 0. The van der Waals surface area contributed by atoms with Gasteiger partial charge in [0.15, 0.2) is 11.6 Å². The molecule has 0 aromatic heterocycles. The normalized spacial score (nSPS) is 14.8. The van der Waals surface area contributed by atoms with Gasteiger partial charge in [-0.05, 0) is 58.7 Å². The Morgan fingerprint density at radius 3 is 1.94 bits per heavy atom. The predicted octanol–water partition coefficient (Wildman–Crippen LogP) is 8.25. The van der Waals surface area contributed by atoms with Crippen LogP contribution in [-0.2, 0) is 24.0 Å². The van der Waals surface area contributed by atoms with Crippen LogP contribution in [0.3, 0.4) is 0 Å². The summed E-state index contributed by atoms with van der Waals surface area (Å²) in [5, 5.41) is 0. The first-order chi connectivity index (χ1) is 17.0. The highest BCUT2D eigenvalue weighted by molar-refractivity contribution is 5.66. The number of benzene rings is 4. The van der Waals surface area contributed by atoms with Crippen LogP contribution in [0.1, 0.15) is 41.7 Å². The number of epoxide rings is 1. The van der Waals surface area contributed by atoms with Crippen molar-refractivity contribution < 1.29 is 17.9 Å². The molecule has 1 fully saturated rings. The number of rotatable bonds is 8. The number of hydrogen-bond donors (Lipinski definition) is 0. The molecule has 4 aromatic carbocycles. The summed E-state index contributed by atoms with van der Waals surface area (Å²) in [6, 6.07) is 23.9. The summed E-state index contributed by atoms with van der Waals surface area (Å²) >= 11 is 0. The van der Waals surface area contributed by atoms with Gasteiger partial charge in [-0.3, -0.25) is 0 Å². The van der Waals surface area contributed by atoms with E-state index in [2.05, 4.69) is 6.92 Å². The van der Waals surface area contributed by atoms with Crippen molar-refractivity contribution in [1.82, 2.24) is 0 Å². The van der Waals surface area contributed by atoms with Gasteiger partial charge in [-0.2, -0.15) is 0 Å². The van der Waals surface area contributed by atoms with Crippen LogP contribution in [-0.4, -0.2) is 6.61 Å². The molecule has 0 aliphatic carbocycles. The molecule has 5 rings (SSSR count). The molecular formula is C31H27F3O. The van der Waals surface area contributed by atoms with Gasteiger partial charge in [0.25, 0.3) is 0 Å². The van der Waals surface area contributed by atoms with Gasteiger partial charge in [0, 0.05) is 11.1 Å². The van der Waals surface area contributed by atoms with Crippen molar-refractivity contribution in [2.24, 2.45) is 0 Å².